The highest BCUT2D eigenvalue weighted by Gasteiger charge is 2.19. The molecule has 0 aliphatic heterocycles. The van der Waals surface area contributed by atoms with Crippen LogP contribution in [0.15, 0.2) is 40.6 Å². The van der Waals surface area contributed by atoms with Gasteiger partial charge in [-0.05, 0) is 49.9 Å². The van der Waals surface area contributed by atoms with Gasteiger partial charge < -0.3 is 5.32 Å². The van der Waals surface area contributed by atoms with Crippen molar-refractivity contribution < 1.29 is 13.2 Å². The van der Waals surface area contributed by atoms with Crippen LogP contribution in [0.5, 0.6) is 0 Å². The summed E-state index contributed by atoms with van der Waals surface area (Å²) in [5.74, 6) is -0.391. The largest absolute Gasteiger partial charge is 0.352 e. The maximum absolute atomic E-state index is 12.3. The minimum Gasteiger partial charge on any atom is -0.352 e. The van der Waals surface area contributed by atoms with E-state index in [1.807, 2.05) is 17.5 Å². The zero-order chi connectivity index (χ0) is 17.7. The SMILES string of the molecule is CC(C)NS(=O)(=O)c1ccc(Cl)c(C(=O)NCCc2cccs2)c1. The molecule has 8 heteroatoms. The Hall–Kier alpha value is -1.41. The second-order valence-corrected chi connectivity index (χ2v) is 8.66. The van der Waals surface area contributed by atoms with Crippen molar-refractivity contribution >= 4 is 38.9 Å². The number of benzene rings is 1. The van der Waals surface area contributed by atoms with Gasteiger partial charge in [0.2, 0.25) is 10.0 Å². The number of rotatable bonds is 7. The van der Waals surface area contributed by atoms with Crippen LogP contribution in [0.3, 0.4) is 0 Å². The minimum atomic E-state index is -3.68. The third-order valence-electron chi connectivity index (χ3n) is 3.12. The lowest BCUT2D eigenvalue weighted by molar-refractivity contribution is 0.0954. The monoisotopic (exact) mass is 386 g/mol. The van der Waals surface area contributed by atoms with Gasteiger partial charge >= 0.3 is 0 Å². The van der Waals surface area contributed by atoms with Gasteiger partial charge in [0.1, 0.15) is 0 Å². The van der Waals surface area contributed by atoms with Crippen molar-refractivity contribution in [3.05, 3.63) is 51.2 Å². The van der Waals surface area contributed by atoms with Gasteiger partial charge in [0.25, 0.3) is 5.91 Å². The number of thiophene rings is 1. The Bertz CT molecular complexity index is 803. The van der Waals surface area contributed by atoms with E-state index in [2.05, 4.69) is 10.0 Å². The van der Waals surface area contributed by atoms with Gasteiger partial charge in [-0.25, -0.2) is 13.1 Å². The Morgan fingerprint density at radius 1 is 1.29 bits per heavy atom. The molecule has 0 fully saturated rings. The van der Waals surface area contributed by atoms with E-state index in [-0.39, 0.29) is 21.5 Å². The quantitative estimate of drug-likeness (QED) is 0.767. The maximum Gasteiger partial charge on any atom is 0.252 e. The third kappa shape index (κ3) is 5.04. The van der Waals surface area contributed by atoms with E-state index < -0.39 is 15.9 Å². The first-order valence-electron chi connectivity index (χ1n) is 7.42. The van der Waals surface area contributed by atoms with Crippen LogP contribution >= 0.6 is 22.9 Å². The Balaban J connectivity index is 2.11. The van der Waals surface area contributed by atoms with Crippen molar-refractivity contribution in [1.82, 2.24) is 10.0 Å². The second kappa shape index (κ2) is 8.11. The number of amides is 1. The molecule has 0 spiro atoms. The lowest BCUT2D eigenvalue weighted by Gasteiger charge is -2.12. The van der Waals surface area contributed by atoms with E-state index in [4.69, 9.17) is 11.6 Å². The topological polar surface area (TPSA) is 75.3 Å². The van der Waals surface area contributed by atoms with E-state index >= 15 is 0 Å². The van der Waals surface area contributed by atoms with E-state index in [0.717, 1.165) is 0 Å². The normalized spacial score (nSPS) is 11.7. The standard InChI is InChI=1S/C16H19ClN2O3S2/c1-11(2)19-24(21,22)13-5-6-15(17)14(10-13)16(20)18-8-7-12-4-3-9-23-12/h3-6,9-11,19H,7-8H2,1-2H3,(H,18,20). The average molecular weight is 387 g/mol. The molecule has 130 valence electrons. The molecule has 0 saturated carbocycles. The Morgan fingerprint density at radius 3 is 2.67 bits per heavy atom. The summed E-state index contributed by atoms with van der Waals surface area (Å²) in [5.41, 5.74) is 0.148. The molecule has 5 nitrogen and oxygen atoms in total. The lowest BCUT2D eigenvalue weighted by Crippen LogP contribution is -2.31. The number of halogens is 1. The number of hydrogen-bond acceptors (Lipinski definition) is 4. The molecule has 0 saturated heterocycles. The fourth-order valence-corrected chi connectivity index (χ4v) is 4.26. The molecular weight excluding hydrogens is 368 g/mol. The molecule has 1 amide bonds. The summed E-state index contributed by atoms with van der Waals surface area (Å²) in [6.07, 6.45) is 0.716. The zero-order valence-corrected chi connectivity index (χ0v) is 15.8. The summed E-state index contributed by atoms with van der Waals surface area (Å²) >= 11 is 7.67. The first-order chi connectivity index (χ1) is 11.3. The van der Waals surface area contributed by atoms with Gasteiger partial charge in [-0.2, -0.15) is 0 Å². The summed E-state index contributed by atoms with van der Waals surface area (Å²) in [6.45, 7) is 3.91. The van der Waals surface area contributed by atoms with Crippen LogP contribution in [0, 0.1) is 0 Å². The van der Waals surface area contributed by atoms with Crippen molar-refractivity contribution in [1.29, 1.82) is 0 Å². The minimum absolute atomic E-state index is 0.0176. The summed E-state index contributed by atoms with van der Waals surface area (Å²) in [4.78, 5) is 13.5. The highest BCUT2D eigenvalue weighted by atomic mass is 35.5. The van der Waals surface area contributed by atoms with E-state index in [9.17, 15) is 13.2 Å². The van der Waals surface area contributed by atoms with Crippen molar-refractivity contribution in [3.8, 4) is 0 Å². The highest BCUT2D eigenvalue weighted by Crippen LogP contribution is 2.21. The number of nitrogens with one attached hydrogen (secondary N) is 2. The highest BCUT2D eigenvalue weighted by molar-refractivity contribution is 7.89. The van der Waals surface area contributed by atoms with Crippen LogP contribution in [0.25, 0.3) is 0 Å². The van der Waals surface area contributed by atoms with Gasteiger partial charge in [-0.3, -0.25) is 4.79 Å². The Labute approximate surface area is 151 Å². The fraction of sp³-hybridized carbons (Fsp3) is 0.312. The van der Waals surface area contributed by atoms with Crippen LogP contribution in [0.4, 0.5) is 0 Å². The van der Waals surface area contributed by atoms with Crippen LogP contribution in [-0.4, -0.2) is 26.9 Å². The number of hydrogen-bond donors (Lipinski definition) is 2. The van der Waals surface area contributed by atoms with Crippen molar-refractivity contribution in [3.63, 3.8) is 0 Å². The lowest BCUT2D eigenvalue weighted by atomic mass is 10.2. The van der Waals surface area contributed by atoms with Gasteiger partial charge in [0, 0.05) is 17.5 Å². The molecule has 1 aromatic heterocycles. The predicted octanol–water partition coefficient (Wildman–Crippen LogP) is 3.06. The summed E-state index contributed by atoms with van der Waals surface area (Å²) in [7, 11) is -3.68. The fourth-order valence-electron chi connectivity index (χ4n) is 2.07. The predicted molar refractivity (Wildman–Crippen MR) is 97.3 cm³/mol. The van der Waals surface area contributed by atoms with Gasteiger partial charge in [-0.15, -0.1) is 11.3 Å². The Morgan fingerprint density at radius 2 is 2.04 bits per heavy atom. The first-order valence-corrected chi connectivity index (χ1v) is 10.2. The molecule has 0 aliphatic rings. The molecule has 2 aromatic rings. The molecule has 0 bridgehead atoms. The van der Waals surface area contributed by atoms with Crippen LogP contribution in [0.1, 0.15) is 29.1 Å². The van der Waals surface area contributed by atoms with E-state index in [1.165, 1.54) is 23.1 Å². The summed E-state index contributed by atoms with van der Waals surface area (Å²) < 4.78 is 26.9. The maximum atomic E-state index is 12.3. The number of carbonyl (C=O) groups excluding carboxylic acids is 1. The van der Waals surface area contributed by atoms with E-state index in [0.29, 0.717) is 13.0 Å². The van der Waals surface area contributed by atoms with Crippen molar-refractivity contribution in [2.24, 2.45) is 0 Å². The number of carbonyl (C=O) groups is 1. The average Bonchev–Trinajstić information content (AvgIpc) is 2.99. The molecular formula is C16H19ClN2O3S2. The summed E-state index contributed by atoms with van der Waals surface area (Å²) in [5, 5.41) is 4.96. The summed E-state index contributed by atoms with van der Waals surface area (Å²) in [6, 6.07) is 7.81. The number of sulfonamides is 1. The van der Waals surface area contributed by atoms with Crippen LogP contribution in [0.2, 0.25) is 5.02 Å². The second-order valence-electron chi connectivity index (χ2n) is 5.50. The Kier molecular flexibility index (Phi) is 6.40. The molecule has 0 radical (unpaired) electrons. The van der Waals surface area contributed by atoms with E-state index in [1.54, 1.807) is 25.2 Å². The van der Waals surface area contributed by atoms with Crippen LogP contribution < -0.4 is 10.0 Å². The first kappa shape index (κ1) is 18.9. The molecule has 0 atom stereocenters. The smallest absolute Gasteiger partial charge is 0.252 e. The molecule has 0 unspecified atom stereocenters. The molecule has 0 aliphatic carbocycles. The van der Waals surface area contributed by atoms with Crippen LogP contribution in [-0.2, 0) is 16.4 Å². The van der Waals surface area contributed by atoms with Crippen molar-refractivity contribution in [2.75, 3.05) is 6.54 Å². The molecule has 2 rings (SSSR count). The van der Waals surface area contributed by atoms with Gasteiger partial charge in [-0.1, -0.05) is 17.7 Å². The molecule has 2 N–H and O–H groups in total. The third-order valence-corrected chi connectivity index (χ3v) is 6.04. The molecule has 1 heterocycles. The van der Waals surface area contributed by atoms with Gasteiger partial charge in [0.05, 0.1) is 15.5 Å². The van der Waals surface area contributed by atoms with Gasteiger partial charge in [0.15, 0.2) is 0 Å². The van der Waals surface area contributed by atoms with Crippen molar-refractivity contribution in [2.45, 2.75) is 31.2 Å². The molecule has 1 aromatic carbocycles. The zero-order valence-electron chi connectivity index (χ0n) is 13.4. The molecule has 24 heavy (non-hydrogen) atoms.